The maximum Gasteiger partial charge on any atom is 0.416 e. The number of urea groups is 1. The SMILES string of the molecule is COc1ccc(C(C)C)cc1-c1ccc(C(F)(F)F)cc1CN1CC(C(F)(F)F)N(c2ccccc2)C1=O. The summed E-state index contributed by atoms with van der Waals surface area (Å²) < 4.78 is 88.3. The summed E-state index contributed by atoms with van der Waals surface area (Å²) in [4.78, 5) is 14.8. The summed E-state index contributed by atoms with van der Waals surface area (Å²) in [7, 11) is 1.42. The van der Waals surface area contributed by atoms with E-state index >= 15 is 0 Å². The average molecular weight is 537 g/mol. The molecule has 0 spiro atoms. The van der Waals surface area contributed by atoms with Gasteiger partial charge in [-0.15, -0.1) is 0 Å². The molecule has 3 aromatic carbocycles. The highest BCUT2D eigenvalue weighted by Gasteiger charge is 2.53. The summed E-state index contributed by atoms with van der Waals surface area (Å²) in [6.45, 7) is 2.73. The van der Waals surface area contributed by atoms with Gasteiger partial charge in [0, 0.05) is 17.8 Å². The molecular weight excluding hydrogens is 510 g/mol. The van der Waals surface area contributed by atoms with Gasteiger partial charge >= 0.3 is 18.4 Å². The Morgan fingerprint density at radius 1 is 0.921 bits per heavy atom. The minimum Gasteiger partial charge on any atom is -0.496 e. The number of hydrogen-bond donors (Lipinski definition) is 0. The van der Waals surface area contributed by atoms with Crippen LogP contribution in [0.25, 0.3) is 11.1 Å². The lowest BCUT2D eigenvalue weighted by Crippen LogP contribution is -2.44. The molecule has 0 bridgehead atoms. The molecule has 3 aromatic rings. The molecule has 4 nitrogen and oxygen atoms in total. The first-order chi connectivity index (χ1) is 17.8. The monoisotopic (exact) mass is 536 g/mol. The van der Waals surface area contributed by atoms with Crippen LogP contribution in [-0.2, 0) is 12.7 Å². The van der Waals surface area contributed by atoms with Crippen molar-refractivity contribution in [3.63, 3.8) is 0 Å². The molecule has 1 aliphatic rings. The van der Waals surface area contributed by atoms with Crippen LogP contribution in [0.5, 0.6) is 5.75 Å². The van der Waals surface area contributed by atoms with E-state index in [0.29, 0.717) is 21.8 Å². The van der Waals surface area contributed by atoms with Gasteiger partial charge in [0.05, 0.1) is 19.2 Å². The van der Waals surface area contributed by atoms with Gasteiger partial charge in [0.2, 0.25) is 0 Å². The maximum atomic E-state index is 14.0. The average Bonchev–Trinajstić information content (AvgIpc) is 3.20. The predicted octanol–water partition coefficient (Wildman–Crippen LogP) is 7.88. The minimum atomic E-state index is -4.74. The molecule has 0 N–H and O–H groups in total. The number of rotatable bonds is 6. The van der Waals surface area contributed by atoms with Gasteiger partial charge in [-0.25, -0.2) is 4.79 Å². The zero-order valence-electron chi connectivity index (χ0n) is 20.9. The fourth-order valence-electron chi connectivity index (χ4n) is 4.58. The fourth-order valence-corrected chi connectivity index (χ4v) is 4.58. The summed E-state index contributed by atoms with van der Waals surface area (Å²) in [6, 6.07) is 12.7. The van der Waals surface area contributed by atoms with Crippen molar-refractivity contribution in [2.24, 2.45) is 0 Å². The number of alkyl halides is 6. The molecule has 0 radical (unpaired) electrons. The van der Waals surface area contributed by atoms with Crippen LogP contribution >= 0.6 is 0 Å². The van der Waals surface area contributed by atoms with E-state index in [0.717, 1.165) is 22.6 Å². The number of benzene rings is 3. The molecule has 38 heavy (non-hydrogen) atoms. The van der Waals surface area contributed by atoms with Crippen molar-refractivity contribution in [3.8, 4) is 16.9 Å². The van der Waals surface area contributed by atoms with Crippen molar-refractivity contribution in [3.05, 3.63) is 83.4 Å². The second-order valence-electron chi connectivity index (χ2n) is 9.41. The van der Waals surface area contributed by atoms with Crippen LogP contribution in [0.1, 0.15) is 36.5 Å². The van der Waals surface area contributed by atoms with Crippen molar-refractivity contribution in [1.82, 2.24) is 4.90 Å². The second kappa shape index (κ2) is 10.2. The van der Waals surface area contributed by atoms with Gasteiger partial charge in [0.15, 0.2) is 6.04 Å². The fraction of sp³-hybridized carbons (Fsp3) is 0.321. The normalized spacial score (nSPS) is 16.5. The molecule has 0 aromatic heterocycles. The smallest absolute Gasteiger partial charge is 0.416 e. The third-order valence-corrected chi connectivity index (χ3v) is 6.57. The number of hydrogen-bond acceptors (Lipinski definition) is 2. The number of methoxy groups -OCH3 is 1. The van der Waals surface area contributed by atoms with Gasteiger partial charge in [-0.3, -0.25) is 4.90 Å². The van der Waals surface area contributed by atoms with E-state index in [2.05, 4.69) is 0 Å². The van der Waals surface area contributed by atoms with E-state index in [1.54, 1.807) is 18.2 Å². The summed E-state index contributed by atoms with van der Waals surface area (Å²) in [5.41, 5.74) is 0.875. The number of carbonyl (C=O) groups is 1. The van der Waals surface area contributed by atoms with Crippen molar-refractivity contribution in [1.29, 1.82) is 0 Å². The molecule has 1 aliphatic heterocycles. The molecule has 1 fully saturated rings. The number of para-hydroxylation sites is 1. The van der Waals surface area contributed by atoms with Gasteiger partial charge in [-0.05, 0) is 59.0 Å². The zero-order chi connectivity index (χ0) is 27.8. The number of anilines is 1. The molecule has 2 amide bonds. The highest BCUT2D eigenvalue weighted by Crippen LogP contribution is 2.40. The number of carbonyl (C=O) groups excluding carboxylic acids is 1. The van der Waals surface area contributed by atoms with Crippen LogP contribution in [0.4, 0.5) is 36.8 Å². The Bertz CT molecular complexity index is 1300. The largest absolute Gasteiger partial charge is 0.496 e. The van der Waals surface area contributed by atoms with Crippen molar-refractivity contribution >= 4 is 11.7 Å². The van der Waals surface area contributed by atoms with E-state index in [4.69, 9.17) is 4.74 Å². The van der Waals surface area contributed by atoms with E-state index < -0.39 is 43.1 Å². The minimum absolute atomic E-state index is 0.0536. The lowest BCUT2D eigenvalue weighted by atomic mass is 9.92. The molecule has 1 unspecified atom stereocenters. The number of amides is 2. The van der Waals surface area contributed by atoms with Crippen LogP contribution < -0.4 is 9.64 Å². The van der Waals surface area contributed by atoms with Crippen LogP contribution in [0.2, 0.25) is 0 Å². The third kappa shape index (κ3) is 5.44. The van der Waals surface area contributed by atoms with Gasteiger partial charge in [-0.2, -0.15) is 26.3 Å². The van der Waals surface area contributed by atoms with Gasteiger partial charge in [-0.1, -0.05) is 44.2 Å². The van der Waals surface area contributed by atoms with Crippen LogP contribution in [-0.4, -0.2) is 36.8 Å². The standard InChI is InChI=1S/C28H26F6N2O2/c1-17(2)18-9-12-24(38-3)23(14-18)22-11-10-20(27(29,30)31)13-19(22)15-35-16-25(28(32,33)34)36(26(35)37)21-7-5-4-6-8-21/h4-14,17,25H,15-16H2,1-3H3. The van der Waals surface area contributed by atoms with Crippen LogP contribution in [0.3, 0.4) is 0 Å². The number of ether oxygens (including phenoxy) is 1. The third-order valence-electron chi connectivity index (χ3n) is 6.57. The molecule has 4 rings (SSSR count). The zero-order valence-corrected chi connectivity index (χ0v) is 20.9. The Morgan fingerprint density at radius 3 is 2.18 bits per heavy atom. The van der Waals surface area contributed by atoms with Gasteiger partial charge in [0.1, 0.15) is 5.75 Å². The summed E-state index contributed by atoms with van der Waals surface area (Å²) in [5.74, 6) is 0.493. The van der Waals surface area contributed by atoms with E-state index in [9.17, 15) is 31.1 Å². The Balaban J connectivity index is 1.82. The van der Waals surface area contributed by atoms with Crippen molar-refractivity contribution in [2.45, 2.75) is 44.7 Å². The Labute approximate surface area is 216 Å². The number of halogens is 6. The highest BCUT2D eigenvalue weighted by atomic mass is 19.4. The number of nitrogens with zero attached hydrogens (tertiary/aromatic N) is 2. The first kappa shape index (κ1) is 27.3. The summed E-state index contributed by atoms with van der Waals surface area (Å²) >= 11 is 0. The summed E-state index contributed by atoms with van der Waals surface area (Å²) in [6.07, 6.45) is -9.43. The van der Waals surface area contributed by atoms with E-state index in [1.165, 1.54) is 37.4 Å². The molecule has 1 atom stereocenters. The topological polar surface area (TPSA) is 32.8 Å². The maximum absolute atomic E-state index is 14.0. The quantitative estimate of drug-likeness (QED) is 0.300. The highest BCUT2D eigenvalue weighted by molar-refractivity contribution is 5.95. The Kier molecular flexibility index (Phi) is 7.36. The molecular formula is C28H26F6N2O2. The Morgan fingerprint density at radius 2 is 1.61 bits per heavy atom. The second-order valence-corrected chi connectivity index (χ2v) is 9.41. The molecule has 0 saturated carbocycles. The molecule has 10 heteroatoms. The first-order valence-corrected chi connectivity index (χ1v) is 11.9. The predicted molar refractivity (Wildman–Crippen MR) is 132 cm³/mol. The van der Waals surface area contributed by atoms with E-state index in [1.807, 2.05) is 19.9 Å². The summed E-state index contributed by atoms with van der Waals surface area (Å²) in [5, 5.41) is 0. The van der Waals surface area contributed by atoms with E-state index in [-0.39, 0.29) is 17.2 Å². The van der Waals surface area contributed by atoms with Crippen molar-refractivity contribution < 1.29 is 35.9 Å². The Hall–Kier alpha value is -3.69. The van der Waals surface area contributed by atoms with Gasteiger partial charge in [0.25, 0.3) is 0 Å². The molecule has 1 heterocycles. The lowest BCUT2D eigenvalue weighted by Gasteiger charge is -2.25. The first-order valence-electron chi connectivity index (χ1n) is 11.9. The van der Waals surface area contributed by atoms with Crippen LogP contribution in [0.15, 0.2) is 66.7 Å². The molecule has 0 aliphatic carbocycles. The molecule has 202 valence electrons. The van der Waals surface area contributed by atoms with Gasteiger partial charge < -0.3 is 9.64 Å². The molecule has 1 saturated heterocycles. The van der Waals surface area contributed by atoms with Crippen molar-refractivity contribution in [2.75, 3.05) is 18.6 Å². The lowest BCUT2D eigenvalue weighted by molar-refractivity contribution is -0.144. The van der Waals surface area contributed by atoms with Crippen LogP contribution in [0, 0.1) is 0 Å².